The molecule has 0 aromatic heterocycles. The van der Waals surface area contributed by atoms with Crippen molar-refractivity contribution in [2.24, 2.45) is 0 Å². The van der Waals surface area contributed by atoms with Crippen LogP contribution in [0.1, 0.15) is 30.9 Å². The molecule has 0 saturated heterocycles. The van der Waals surface area contributed by atoms with Gasteiger partial charge < -0.3 is 5.32 Å². The van der Waals surface area contributed by atoms with E-state index in [0.29, 0.717) is 6.04 Å². The molecular formula is C13H18BrN. The maximum atomic E-state index is 3.74. The molecule has 0 spiro atoms. The van der Waals surface area contributed by atoms with Gasteiger partial charge in [-0.2, -0.15) is 0 Å². The van der Waals surface area contributed by atoms with Crippen LogP contribution in [0.25, 0.3) is 0 Å². The van der Waals surface area contributed by atoms with Gasteiger partial charge in [0.25, 0.3) is 0 Å². The van der Waals surface area contributed by atoms with Crippen molar-refractivity contribution < 1.29 is 0 Å². The van der Waals surface area contributed by atoms with Crippen LogP contribution in [0.3, 0.4) is 0 Å². The van der Waals surface area contributed by atoms with E-state index in [-0.39, 0.29) is 0 Å². The number of halogens is 1. The van der Waals surface area contributed by atoms with Crippen molar-refractivity contribution >= 4 is 15.9 Å². The van der Waals surface area contributed by atoms with Crippen LogP contribution < -0.4 is 5.32 Å². The van der Waals surface area contributed by atoms with E-state index in [4.69, 9.17) is 0 Å². The number of nitrogens with one attached hydrogen (secondary N) is 1. The molecule has 0 aliphatic heterocycles. The van der Waals surface area contributed by atoms with Crippen LogP contribution in [0.4, 0.5) is 0 Å². The third-order valence-corrected chi connectivity index (χ3v) is 2.99. The summed E-state index contributed by atoms with van der Waals surface area (Å²) in [4.78, 5) is 0. The minimum Gasteiger partial charge on any atom is -0.313 e. The molecule has 82 valence electrons. The Morgan fingerprint density at radius 3 is 2.93 bits per heavy atom. The summed E-state index contributed by atoms with van der Waals surface area (Å²) < 4.78 is 1.14. The molecule has 0 aliphatic rings. The van der Waals surface area contributed by atoms with E-state index >= 15 is 0 Å². The second-order valence-corrected chi connectivity index (χ2v) is 4.53. The van der Waals surface area contributed by atoms with Crippen molar-refractivity contribution in [1.82, 2.24) is 5.32 Å². The molecule has 0 aliphatic carbocycles. The maximum absolute atomic E-state index is 3.74. The average molecular weight is 268 g/mol. The predicted octanol–water partition coefficient (Wildman–Crippen LogP) is 4.07. The summed E-state index contributed by atoms with van der Waals surface area (Å²) in [6, 6.07) is 8.93. The van der Waals surface area contributed by atoms with Crippen molar-refractivity contribution in [3.8, 4) is 0 Å². The monoisotopic (exact) mass is 267 g/mol. The van der Waals surface area contributed by atoms with Gasteiger partial charge in [0.2, 0.25) is 0 Å². The van der Waals surface area contributed by atoms with Crippen LogP contribution in [0, 0.1) is 0 Å². The highest BCUT2D eigenvalue weighted by atomic mass is 79.9. The number of allylic oxidation sites excluding steroid dienone is 1. The van der Waals surface area contributed by atoms with Gasteiger partial charge in [-0.25, -0.2) is 0 Å². The third-order valence-electron chi connectivity index (χ3n) is 2.50. The topological polar surface area (TPSA) is 12.0 Å². The summed E-state index contributed by atoms with van der Waals surface area (Å²) >= 11 is 3.50. The fraction of sp³-hybridized carbons (Fsp3) is 0.385. The zero-order chi connectivity index (χ0) is 11.1. The zero-order valence-electron chi connectivity index (χ0n) is 9.17. The van der Waals surface area contributed by atoms with E-state index < -0.39 is 0 Å². The molecule has 0 amide bonds. The standard InChI is InChI=1S/C13H18BrN/c1-3-4-5-9-13(15-2)11-7-6-8-12(14)10-11/h3,6-8,10,13,15H,1,4-5,9H2,2H3. The first-order chi connectivity index (χ1) is 7.27. The summed E-state index contributed by atoms with van der Waals surface area (Å²) in [5.74, 6) is 0. The normalized spacial score (nSPS) is 12.4. The second-order valence-electron chi connectivity index (χ2n) is 3.62. The quantitative estimate of drug-likeness (QED) is 0.606. The van der Waals surface area contributed by atoms with Crippen molar-refractivity contribution in [1.29, 1.82) is 0 Å². The third kappa shape index (κ3) is 4.18. The Morgan fingerprint density at radius 2 is 2.33 bits per heavy atom. The summed E-state index contributed by atoms with van der Waals surface area (Å²) in [6.07, 6.45) is 5.40. The van der Waals surface area contributed by atoms with Gasteiger partial charge in [0.05, 0.1) is 0 Å². The maximum Gasteiger partial charge on any atom is 0.0318 e. The molecule has 1 unspecified atom stereocenters. The molecule has 0 heterocycles. The lowest BCUT2D eigenvalue weighted by Gasteiger charge is -2.16. The Kier molecular flexibility index (Phi) is 5.66. The van der Waals surface area contributed by atoms with Gasteiger partial charge in [0.15, 0.2) is 0 Å². The van der Waals surface area contributed by atoms with E-state index in [2.05, 4.69) is 52.1 Å². The van der Waals surface area contributed by atoms with Gasteiger partial charge in [-0.15, -0.1) is 6.58 Å². The molecule has 0 bridgehead atoms. The molecule has 0 saturated carbocycles. The minimum atomic E-state index is 0.447. The lowest BCUT2D eigenvalue weighted by atomic mass is 10.0. The fourth-order valence-electron chi connectivity index (χ4n) is 1.67. The lowest BCUT2D eigenvalue weighted by molar-refractivity contribution is 0.530. The van der Waals surface area contributed by atoms with Crippen LogP contribution in [0.5, 0.6) is 0 Å². The average Bonchev–Trinajstić information content (AvgIpc) is 2.24. The summed E-state index contributed by atoms with van der Waals surface area (Å²) in [5, 5.41) is 3.35. The Bertz CT molecular complexity index is 309. The number of hydrogen-bond donors (Lipinski definition) is 1. The van der Waals surface area contributed by atoms with Crippen LogP contribution in [0.2, 0.25) is 0 Å². The highest BCUT2D eigenvalue weighted by Gasteiger charge is 2.08. The Morgan fingerprint density at radius 1 is 1.53 bits per heavy atom. The van der Waals surface area contributed by atoms with Crippen LogP contribution in [-0.2, 0) is 0 Å². The van der Waals surface area contributed by atoms with E-state index in [9.17, 15) is 0 Å². The number of benzene rings is 1. The van der Waals surface area contributed by atoms with Gasteiger partial charge in [0.1, 0.15) is 0 Å². The Labute approximate surface area is 101 Å². The van der Waals surface area contributed by atoms with Crippen molar-refractivity contribution in [2.45, 2.75) is 25.3 Å². The summed E-state index contributed by atoms with van der Waals surface area (Å²) in [5.41, 5.74) is 1.34. The zero-order valence-corrected chi connectivity index (χ0v) is 10.8. The molecule has 1 rings (SSSR count). The Hall–Kier alpha value is -0.600. The fourth-order valence-corrected chi connectivity index (χ4v) is 2.08. The van der Waals surface area contributed by atoms with Gasteiger partial charge in [-0.05, 0) is 44.0 Å². The van der Waals surface area contributed by atoms with Gasteiger partial charge in [0, 0.05) is 10.5 Å². The van der Waals surface area contributed by atoms with E-state index in [1.54, 1.807) is 0 Å². The lowest BCUT2D eigenvalue weighted by Crippen LogP contribution is -2.16. The first kappa shape index (κ1) is 12.5. The van der Waals surface area contributed by atoms with Crippen LogP contribution in [-0.4, -0.2) is 7.05 Å². The molecule has 1 atom stereocenters. The van der Waals surface area contributed by atoms with E-state index in [0.717, 1.165) is 17.3 Å². The molecule has 1 aromatic rings. The molecule has 1 aromatic carbocycles. The molecule has 1 N–H and O–H groups in total. The number of rotatable bonds is 6. The minimum absolute atomic E-state index is 0.447. The highest BCUT2D eigenvalue weighted by Crippen LogP contribution is 2.22. The van der Waals surface area contributed by atoms with Crippen molar-refractivity contribution in [3.05, 3.63) is 47.0 Å². The van der Waals surface area contributed by atoms with Crippen molar-refractivity contribution in [3.63, 3.8) is 0 Å². The van der Waals surface area contributed by atoms with Gasteiger partial charge >= 0.3 is 0 Å². The molecular weight excluding hydrogens is 250 g/mol. The molecule has 15 heavy (non-hydrogen) atoms. The largest absolute Gasteiger partial charge is 0.313 e. The molecule has 1 nitrogen and oxygen atoms in total. The van der Waals surface area contributed by atoms with Crippen LogP contribution >= 0.6 is 15.9 Å². The molecule has 0 radical (unpaired) electrons. The SMILES string of the molecule is C=CCCCC(NC)c1cccc(Br)c1. The van der Waals surface area contributed by atoms with Crippen LogP contribution in [0.15, 0.2) is 41.4 Å². The smallest absolute Gasteiger partial charge is 0.0318 e. The van der Waals surface area contributed by atoms with Gasteiger partial charge in [-0.3, -0.25) is 0 Å². The highest BCUT2D eigenvalue weighted by molar-refractivity contribution is 9.10. The number of unbranched alkanes of at least 4 members (excludes halogenated alkanes) is 1. The van der Waals surface area contributed by atoms with Crippen molar-refractivity contribution in [2.75, 3.05) is 7.05 Å². The number of hydrogen-bond acceptors (Lipinski definition) is 1. The van der Waals surface area contributed by atoms with Gasteiger partial charge in [-0.1, -0.05) is 34.1 Å². The first-order valence-corrected chi connectivity index (χ1v) is 6.11. The summed E-state index contributed by atoms with van der Waals surface area (Å²) in [7, 11) is 2.01. The van der Waals surface area contributed by atoms with E-state index in [1.807, 2.05) is 13.1 Å². The molecule has 0 fully saturated rings. The summed E-state index contributed by atoms with van der Waals surface area (Å²) in [6.45, 7) is 3.74. The predicted molar refractivity (Wildman–Crippen MR) is 70.0 cm³/mol. The second kappa shape index (κ2) is 6.81. The Balaban J connectivity index is 2.61. The van der Waals surface area contributed by atoms with E-state index in [1.165, 1.54) is 12.0 Å². The first-order valence-electron chi connectivity index (χ1n) is 5.31. The molecule has 2 heteroatoms.